The highest BCUT2D eigenvalue weighted by molar-refractivity contribution is 5.78. The number of nitrogens with one attached hydrogen (secondary N) is 1. The van der Waals surface area contributed by atoms with E-state index in [0.29, 0.717) is 5.92 Å². The van der Waals surface area contributed by atoms with E-state index in [0.717, 1.165) is 33.6 Å². The molecule has 3 rings (SSSR count). The predicted octanol–water partition coefficient (Wildman–Crippen LogP) is 5.71. The molecule has 0 radical (unpaired) electrons. The summed E-state index contributed by atoms with van der Waals surface area (Å²) in [5.74, 6) is 0.971. The molecule has 3 aromatic carbocycles. The van der Waals surface area contributed by atoms with Crippen LogP contribution in [-0.4, -0.2) is 12.5 Å². The summed E-state index contributed by atoms with van der Waals surface area (Å²) in [4.78, 5) is 12.8. The monoisotopic (exact) mass is 387 g/mol. The molecule has 1 atom stereocenters. The van der Waals surface area contributed by atoms with Crippen molar-refractivity contribution in [2.75, 3.05) is 6.61 Å². The Kier molecular flexibility index (Phi) is 6.71. The highest BCUT2D eigenvalue weighted by atomic mass is 16.5. The molecule has 0 spiro atoms. The molecular formula is C26H29NO2. The van der Waals surface area contributed by atoms with Crippen LogP contribution in [0.15, 0.2) is 72.8 Å². The van der Waals surface area contributed by atoms with Crippen molar-refractivity contribution >= 4 is 5.91 Å². The summed E-state index contributed by atoms with van der Waals surface area (Å²) in [6.45, 7) is 8.33. The van der Waals surface area contributed by atoms with E-state index in [9.17, 15) is 4.79 Å². The number of carbonyl (C=O) groups is 1. The van der Waals surface area contributed by atoms with Crippen LogP contribution in [-0.2, 0) is 4.79 Å². The minimum atomic E-state index is -0.212. The Bertz CT molecular complexity index is 963. The van der Waals surface area contributed by atoms with Gasteiger partial charge in [0.1, 0.15) is 5.75 Å². The van der Waals surface area contributed by atoms with Crippen molar-refractivity contribution in [3.63, 3.8) is 0 Å². The molecular weight excluding hydrogens is 358 g/mol. The summed E-state index contributed by atoms with van der Waals surface area (Å²) in [5.41, 5.74) is 5.51. The zero-order valence-corrected chi connectivity index (χ0v) is 17.6. The van der Waals surface area contributed by atoms with Gasteiger partial charge in [-0.2, -0.15) is 0 Å². The fourth-order valence-electron chi connectivity index (χ4n) is 3.49. The lowest BCUT2D eigenvalue weighted by Gasteiger charge is -2.22. The maximum atomic E-state index is 12.8. The number of ether oxygens (including phenoxy) is 1. The maximum absolute atomic E-state index is 12.8. The van der Waals surface area contributed by atoms with Crippen LogP contribution in [0.3, 0.4) is 0 Å². The Hall–Kier alpha value is -3.07. The van der Waals surface area contributed by atoms with Crippen LogP contribution in [0.2, 0.25) is 0 Å². The molecule has 0 aliphatic heterocycles. The van der Waals surface area contributed by atoms with Crippen LogP contribution < -0.4 is 10.1 Å². The average Bonchev–Trinajstić information content (AvgIpc) is 2.71. The maximum Gasteiger partial charge on any atom is 0.258 e. The summed E-state index contributed by atoms with van der Waals surface area (Å²) >= 11 is 0. The predicted molar refractivity (Wildman–Crippen MR) is 118 cm³/mol. The molecule has 0 heterocycles. The highest BCUT2D eigenvalue weighted by Crippen LogP contribution is 2.28. The summed E-state index contributed by atoms with van der Waals surface area (Å²) in [5, 5.41) is 3.16. The van der Waals surface area contributed by atoms with E-state index >= 15 is 0 Å². The molecule has 3 heteroatoms. The van der Waals surface area contributed by atoms with Gasteiger partial charge >= 0.3 is 0 Å². The van der Waals surface area contributed by atoms with Crippen LogP contribution >= 0.6 is 0 Å². The standard InChI is InChI=1S/C26H29NO2/c1-18(2)22-15-14-19(3)16-24(22)29-17-25(28)27-26(21-11-6-5-7-12-21)23-13-9-8-10-20(23)4/h5-16,18,26H,17H2,1-4H3,(H,27,28)/t26-/m1/s1. The van der Waals surface area contributed by atoms with Gasteiger partial charge in [0.05, 0.1) is 6.04 Å². The van der Waals surface area contributed by atoms with Crippen molar-refractivity contribution in [3.05, 3.63) is 101 Å². The lowest BCUT2D eigenvalue weighted by Crippen LogP contribution is -2.33. The Morgan fingerprint density at radius 1 is 0.897 bits per heavy atom. The van der Waals surface area contributed by atoms with E-state index < -0.39 is 0 Å². The third-order valence-corrected chi connectivity index (χ3v) is 5.09. The largest absolute Gasteiger partial charge is 0.483 e. The second kappa shape index (κ2) is 9.42. The molecule has 0 aliphatic rings. The van der Waals surface area contributed by atoms with Gasteiger partial charge in [0.2, 0.25) is 0 Å². The second-order valence-electron chi connectivity index (χ2n) is 7.75. The number of hydrogen-bond donors (Lipinski definition) is 1. The van der Waals surface area contributed by atoms with Gasteiger partial charge in [-0.1, -0.05) is 80.6 Å². The van der Waals surface area contributed by atoms with Gasteiger partial charge in [-0.15, -0.1) is 0 Å². The van der Waals surface area contributed by atoms with Gasteiger partial charge in [-0.3, -0.25) is 4.79 Å². The van der Waals surface area contributed by atoms with E-state index in [1.165, 1.54) is 0 Å². The first-order valence-electron chi connectivity index (χ1n) is 10.1. The first-order chi connectivity index (χ1) is 14.0. The third-order valence-electron chi connectivity index (χ3n) is 5.09. The minimum Gasteiger partial charge on any atom is -0.483 e. The summed E-state index contributed by atoms with van der Waals surface area (Å²) < 4.78 is 5.93. The molecule has 1 N–H and O–H groups in total. The van der Waals surface area contributed by atoms with Gasteiger partial charge in [0.25, 0.3) is 5.91 Å². The van der Waals surface area contributed by atoms with Gasteiger partial charge in [-0.25, -0.2) is 0 Å². The Morgan fingerprint density at radius 3 is 2.28 bits per heavy atom. The van der Waals surface area contributed by atoms with Crippen LogP contribution in [0.25, 0.3) is 0 Å². The van der Waals surface area contributed by atoms with Crippen molar-refractivity contribution in [2.45, 2.75) is 39.7 Å². The molecule has 3 nitrogen and oxygen atoms in total. The van der Waals surface area contributed by atoms with E-state index in [-0.39, 0.29) is 18.6 Å². The summed E-state index contributed by atoms with van der Waals surface area (Å²) in [6, 6.07) is 24.1. The number of amides is 1. The highest BCUT2D eigenvalue weighted by Gasteiger charge is 2.19. The van der Waals surface area contributed by atoms with Gasteiger partial charge in [0, 0.05) is 0 Å². The van der Waals surface area contributed by atoms with Gasteiger partial charge in [0.15, 0.2) is 6.61 Å². The number of benzene rings is 3. The molecule has 3 aromatic rings. The third kappa shape index (κ3) is 5.26. The molecule has 0 aliphatic carbocycles. The van der Waals surface area contributed by atoms with Crippen molar-refractivity contribution < 1.29 is 9.53 Å². The topological polar surface area (TPSA) is 38.3 Å². The minimum absolute atomic E-state index is 0.0155. The lowest BCUT2D eigenvalue weighted by atomic mass is 9.95. The molecule has 0 fully saturated rings. The van der Waals surface area contributed by atoms with E-state index in [4.69, 9.17) is 4.74 Å². The quantitative estimate of drug-likeness (QED) is 0.564. The molecule has 0 unspecified atom stereocenters. The summed E-state index contributed by atoms with van der Waals surface area (Å²) in [6.07, 6.45) is 0. The van der Waals surface area contributed by atoms with Crippen LogP contribution in [0, 0.1) is 13.8 Å². The first kappa shape index (κ1) is 20.7. The van der Waals surface area contributed by atoms with Crippen molar-refractivity contribution in [1.29, 1.82) is 0 Å². The zero-order valence-electron chi connectivity index (χ0n) is 17.6. The zero-order chi connectivity index (χ0) is 20.8. The van der Waals surface area contributed by atoms with Crippen LogP contribution in [0.4, 0.5) is 0 Å². The second-order valence-corrected chi connectivity index (χ2v) is 7.75. The first-order valence-corrected chi connectivity index (χ1v) is 10.1. The summed E-state index contributed by atoms with van der Waals surface area (Å²) in [7, 11) is 0. The SMILES string of the molecule is Cc1ccc(C(C)C)c(OCC(=O)N[C@H](c2ccccc2)c2ccccc2C)c1. The molecule has 0 aromatic heterocycles. The molecule has 29 heavy (non-hydrogen) atoms. The number of carbonyl (C=O) groups excluding carboxylic acids is 1. The molecule has 0 saturated heterocycles. The van der Waals surface area contributed by atoms with Crippen LogP contribution in [0.5, 0.6) is 5.75 Å². The molecule has 0 saturated carbocycles. The number of aryl methyl sites for hydroxylation is 2. The number of rotatable bonds is 7. The smallest absolute Gasteiger partial charge is 0.258 e. The molecule has 1 amide bonds. The van der Waals surface area contributed by atoms with Crippen molar-refractivity contribution in [3.8, 4) is 5.75 Å². The van der Waals surface area contributed by atoms with Gasteiger partial charge < -0.3 is 10.1 Å². The van der Waals surface area contributed by atoms with Crippen LogP contribution in [0.1, 0.15) is 53.6 Å². The normalized spacial score (nSPS) is 11.9. The average molecular weight is 388 g/mol. The van der Waals surface area contributed by atoms with E-state index in [1.807, 2.05) is 55.5 Å². The van der Waals surface area contributed by atoms with E-state index in [1.54, 1.807) is 0 Å². The Morgan fingerprint density at radius 2 is 1.59 bits per heavy atom. The Labute approximate surface area is 173 Å². The van der Waals surface area contributed by atoms with E-state index in [2.05, 4.69) is 50.4 Å². The lowest BCUT2D eigenvalue weighted by molar-refractivity contribution is -0.123. The fraction of sp³-hybridized carbons (Fsp3) is 0.269. The van der Waals surface area contributed by atoms with Gasteiger partial charge in [-0.05, 0) is 53.6 Å². The van der Waals surface area contributed by atoms with Crippen molar-refractivity contribution in [2.24, 2.45) is 0 Å². The van der Waals surface area contributed by atoms with Crippen molar-refractivity contribution in [1.82, 2.24) is 5.32 Å². The molecule has 150 valence electrons. The molecule has 0 bridgehead atoms. The fourth-order valence-corrected chi connectivity index (χ4v) is 3.49. The Balaban J connectivity index is 1.78. The number of hydrogen-bond acceptors (Lipinski definition) is 2.